The zero-order valence-electron chi connectivity index (χ0n) is 27.3. The maximum absolute atomic E-state index is 16.8. The third-order valence-electron chi connectivity index (χ3n) is 10.7. The van der Waals surface area contributed by atoms with Crippen LogP contribution in [0.25, 0.3) is 22.3 Å². The lowest BCUT2D eigenvalue weighted by atomic mass is 9.89. The van der Waals surface area contributed by atoms with Crippen molar-refractivity contribution in [2.24, 2.45) is 5.41 Å². The molecule has 3 fully saturated rings. The molecule has 270 valence electrons. The van der Waals surface area contributed by atoms with Gasteiger partial charge in [0.05, 0.1) is 29.1 Å². The van der Waals surface area contributed by atoms with Gasteiger partial charge in [0.15, 0.2) is 17.5 Å². The first-order valence-electron chi connectivity index (χ1n) is 16.2. The Morgan fingerprint density at radius 3 is 2.43 bits per heavy atom. The molecule has 1 spiro atoms. The van der Waals surface area contributed by atoms with E-state index in [0.29, 0.717) is 18.7 Å². The summed E-state index contributed by atoms with van der Waals surface area (Å²) < 4.78 is 116. The molecule has 4 aliphatic rings. The Bertz CT molecular complexity index is 2100. The van der Waals surface area contributed by atoms with Gasteiger partial charge in [-0.3, -0.25) is 9.88 Å². The van der Waals surface area contributed by atoms with Gasteiger partial charge in [0, 0.05) is 30.9 Å². The highest BCUT2D eigenvalue weighted by Gasteiger charge is 2.77. The SMILES string of the molecule is Cc1c(F)c(N)nc(-c2nc3c4c(nc(OC[C@@]56CCCN5C[C@]5(CC5(F)F)C6)nc4c2F)N([C@H](C)c2nccnc2N)CCO3)c1C(F)(F)F. The summed E-state index contributed by atoms with van der Waals surface area (Å²) >= 11 is 0. The topological polar surface area (TPSA) is 154 Å². The molecule has 0 aromatic carbocycles. The minimum absolute atomic E-state index is 0.0363. The number of halogens is 7. The van der Waals surface area contributed by atoms with Crippen molar-refractivity contribution in [2.45, 2.75) is 63.2 Å². The van der Waals surface area contributed by atoms with Crippen LogP contribution in [0.3, 0.4) is 0 Å². The Balaban J connectivity index is 1.30. The van der Waals surface area contributed by atoms with Crippen LogP contribution < -0.4 is 25.8 Å². The molecule has 12 nitrogen and oxygen atoms in total. The molecule has 3 aliphatic heterocycles. The third kappa shape index (κ3) is 5.05. The van der Waals surface area contributed by atoms with Gasteiger partial charge < -0.3 is 25.8 Å². The molecule has 7 heterocycles. The van der Waals surface area contributed by atoms with E-state index >= 15 is 4.39 Å². The van der Waals surface area contributed by atoms with Crippen molar-refractivity contribution in [2.75, 3.05) is 49.2 Å². The largest absolute Gasteiger partial charge is 0.475 e. The van der Waals surface area contributed by atoms with Crippen molar-refractivity contribution in [3.8, 4) is 23.3 Å². The summed E-state index contributed by atoms with van der Waals surface area (Å²) in [6, 6.07) is -1.02. The molecule has 0 bridgehead atoms. The number of nitrogens with two attached hydrogens (primary N) is 2. The Morgan fingerprint density at radius 1 is 0.980 bits per heavy atom. The van der Waals surface area contributed by atoms with E-state index in [1.807, 2.05) is 4.90 Å². The first-order valence-corrected chi connectivity index (χ1v) is 16.2. The van der Waals surface area contributed by atoms with E-state index in [2.05, 4.69) is 29.9 Å². The minimum Gasteiger partial charge on any atom is -0.475 e. The van der Waals surface area contributed by atoms with E-state index in [1.54, 1.807) is 11.8 Å². The van der Waals surface area contributed by atoms with Gasteiger partial charge in [-0.15, -0.1) is 0 Å². The highest BCUT2D eigenvalue weighted by Crippen LogP contribution is 2.69. The van der Waals surface area contributed by atoms with Crippen molar-refractivity contribution in [3.63, 3.8) is 0 Å². The van der Waals surface area contributed by atoms with Crippen LogP contribution in [0.15, 0.2) is 12.4 Å². The highest BCUT2D eigenvalue weighted by molar-refractivity contribution is 5.97. The number of pyridine rings is 2. The van der Waals surface area contributed by atoms with Crippen LogP contribution >= 0.6 is 0 Å². The summed E-state index contributed by atoms with van der Waals surface area (Å²) in [4.78, 5) is 28.8. The van der Waals surface area contributed by atoms with E-state index in [0.717, 1.165) is 13.3 Å². The summed E-state index contributed by atoms with van der Waals surface area (Å²) in [5.41, 5.74) is 5.23. The fourth-order valence-electron chi connectivity index (χ4n) is 8.06. The molecular weight excluding hydrogens is 689 g/mol. The number of rotatable bonds is 6. The summed E-state index contributed by atoms with van der Waals surface area (Å²) in [7, 11) is 0. The molecule has 4 N–H and O–H groups in total. The molecule has 3 atom stereocenters. The molecule has 2 saturated heterocycles. The Kier molecular flexibility index (Phi) is 7.25. The Morgan fingerprint density at radius 2 is 1.73 bits per heavy atom. The maximum Gasteiger partial charge on any atom is 0.418 e. The van der Waals surface area contributed by atoms with Gasteiger partial charge in [-0.25, -0.2) is 32.5 Å². The second-order valence-corrected chi connectivity index (χ2v) is 13.7. The molecular formula is C32H31F7N10O2. The van der Waals surface area contributed by atoms with Crippen molar-refractivity contribution >= 4 is 28.4 Å². The second-order valence-electron chi connectivity index (χ2n) is 13.7. The summed E-state index contributed by atoms with van der Waals surface area (Å²) in [5, 5.41) is -0.103. The molecule has 19 heteroatoms. The van der Waals surface area contributed by atoms with Crippen LogP contribution in [0.1, 0.15) is 55.5 Å². The van der Waals surface area contributed by atoms with Crippen molar-refractivity contribution in [3.05, 3.63) is 40.8 Å². The first kappa shape index (κ1) is 33.3. The van der Waals surface area contributed by atoms with Crippen molar-refractivity contribution in [1.82, 2.24) is 34.8 Å². The quantitative estimate of drug-likeness (QED) is 0.250. The highest BCUT2D eigenvalue weighted by atomic mass is 19.4. The summed E-state index contributed by atoms with van der Waals surface area (Å²) in [6.07, 6.45) is -1.01. The summed E-state index contributed by atoms with van der Waals surface area (Å²) in [5.74, 6) is -6.62. The van der Waals surface area contributed by atoms with E-state index in [1.165, 1.54) is 12.4 Å². The Hall–Kier alpha value is -4.81. The van der Waals surface area contributed by atoms with Gasteiger partial charge >= 0.3 is 12.2 Å². The number of hydrogen-bond donors (Lipinski definition) is 2. The van der Waals surface area contributed by atoms with Crippen LogP contribution in [0, 0.1) is 24.0 Å². The molecule has 4 aromatic rings. The number of alkyl halides is 5. The normalized spacial score (nSPS) is 24.5. The second kappa shape index (κ2) is 11.1. The van der Waals surface area contributed by atoms with E-state index in [9.17, 15) is 26.3 Å². The molecule has 4 aromatic heterocycles. The van der Waals surface area contributed by atoms with E-state index in [4.69, 9.17) is 20.9 Å². The van der Waals surface area contributed by atoms with E-state index in [-0.39, 0.29) is 68.1 Å². The van der Waals surface area contributed by atoms with Gasteiger partial charge in [0.1, 0.15) is 52.8 Å². The molecule has 51 heavy (non-hydrogen) atoms. The molecule has 1 saturated carbocycles. The zero-order chi connectivity index (χ0) is 36.2. The number of nitrogens with zero attached hydrogens (tertiary/aromatic N) is 8. The Labute approximate surface area is 285 Å². The van der Waals surface area contributed by atoms with Crippen LogP contribution in [-0.2, 0) is 6.18 Å². The standard InChI is InChI=1S/C32H31F7N10O2/c1-14-17(32(37,38)39)22(44-24(40)18(14)33)23-19(34)21-16-26(49(8-9-50-27(16)45-23)15(2)20-25(41)43-6-5-42-20)47-28(46-21)51-13-30-4-3-7-48(30)12-29(10-30)11-31(29,35)36/h5-6,15H,3-4,7-13H2,1-2H3,(H2,40,44)(H2,41,43)/t15-,29-,30+/m1/s1. The van der Waals surface area contributed by atoms with E-state index < -0.39 is 74.6 Å². The molecule has 8 rings (SSSR count). The van der Waals surface area contributed by atoms with Gasteiger partial charge in [-0.2, -0.15) is 23.1 Å². The first-order chi connectivity index (χ1) is 24.1. The number of ether oxygens (including phenoxy) is 2. The fourth-order valence-corrected chi connectivity index (χ4v) is 8.06. The number of anilines is 3. The fraction of sp³-hybridized carbons (Fsp3) is 0.500. The number of aromatic nitrogens is 6. The lowest BCUT2D eigenvalue weighted by Gasteiger charge is -2.32. The van der Waals surface area contributed by atoms with Gasteiger partial charge in [0.25, 0.3) is 5.92 Å². The predicted octanol–water partition coefficient (Wildman–Crippen LogP) is 5.25. The van der Waals surface area contributed by atoms with Crippen LogP contribution in [0.4, 0.5) is 48.2 Å². The molecule has 0 radical (unpaired) electrons. The van der Waals surface area contributed by atoms with Crippen LogP contribution in [0.5, 0.6) is 11.9 Å². The van der Waals surface area contributed by atoms with Crippen LogP contribution in [-0.4, -0.2) is 79.1 Å². The lowest BCUT2D eigenvalue weighted by molar-refractivity contribution is -0.137. The van der Waals surface area contributed by atoms with Crippen molar-refractivity contribution < 1.29 is 40.2 Å². The minimum atomic E-state index is -5.18. The lowest BCUT2D eigenvalue weighted by Crippen LogP contribution is -2.43. The van der Waals surface area contributed by atoms with Crippen molar-refractivity contribution in [1.29, 1.82) is 0 Å². The maximum atomic E-state index is 16.8. The third-order valence-corrected chi connectivity index (χ3v) is 10.7. The average molecular weight is 721 g/mol. The predicted molar refractivity (Wildman–Crippen MR) is 168 cm³/mol. The zero-order valence-corrected chi connectivity index (χ0v) is 27.3. The monoisotopic (exact) mass is 720 g/mol. The van der Waals surface area contributed by atoms with Crippen LogP contribution in [0.2, 0.25) is 0 Å². The summed E-state index contributed by atoms with van der Waals surface area (Å²) in [6.45, 7) is 3.29. The van der Waals surface area contributed by atoms with Gasteiger partial charge in [-0.05, 0) is 39.7 Å². The molecule has 0 unspecified atom stereocenters. The average Bonchev–Trinajstić information content (AvgIpc) is 3.27. The number of nitrogen functional groups attached to an aromatic ring is 2. The smallest absolute Gasteiger partial charge is 0.418 e. The number of fused-ring (bicyclic) bond motifs is 1. The van der Waals surface area contributed by atoms with Gasteiger partial charge in [-0.1, -0.05) is 0 Å². The number of hydrogen-bond acceptors (Lipinski definition) is 12. The molecule has 1 aliphatic carbocycles. The molecule has 0 amide bonds. The van der Waals surface area contributed by atoms with Gasteiger partial charge in [0.2, 0.25) is 5.88 Å².